The highest BCUT2D eigenvalue weighted by Gasteiger charge is 2.08. The zero-order valence-corrected chi connectivity index (χ0v) is 7.46. The molecule has 13 heavy (non-hydrogen) atoms. The minimum Gasteiger partial charge on any atom is -0.506 e. The van der Waals surface area contributed by atoms with E-state index >= 15 is 0 Å². The third-order valence-corrected chi connectivity index (χ3v) is 1.54. The number of anilines is 1. The van der Waals surface area contributed by atoms with Gasteiger partial charge < -0.3 is 15.5 Å². The molecule has 0 atom stereocenters. The first-order chi connectivity index (χ1) is 6.00. The summed E-state index contributed by atoms with van der Waals surface area (Å²) in [6.07, 6.45) is 0. The molecule has 0 radical (unpaired) electrons. The summed E-state index contributed by atoms with van der Waals surface area (Å²) in [6, 6.07) is 2.93. The van der Waals surface area contributed by atoms with E-state index in [0.29, 0.717) is 0 Å². The molecule has 0 aliphatic rings. The molecule has 0 aliphatic carbocycles. The van der Waals surface area contributed by atoms with Gasteiger partial charge in [-0.3, -0.25) is 4.79 Å². The van der Waals surface area contributed by atoms with Crippen molar-refractivity contribution < 1.29 is 15.0 Å². The van der Waals surface area contributed by atoms with Crippen molar-refractivity contribution in [2.45, 2.75) is 13.8 Å². The van der Waals surface area contributed by atoms with Crippen molar-refractivity contribution in [2.24, 2.45) is 0 Å². The Hall–Kier alpha value is -1.71. The fraction of sp³-hybridized carbons (Fsp3) is 0.222. The van der Waals surface area contributed by atoms with Crippen LogP contribution < -0.4 is 5.32 Å². The van der Waals surface area contributed by atoms with Crippen molar-refractivity contribution in [1.82, 2.24) is 0 Å². The number of hydrogen-bond donors (Lipinski definition) is 3. The van der Waals surface area contributed by atoms with Crippen molar-refractivity contribution >= 4 is 11.6 Å². The molecule has 1 aromatic rings. The standard InChI is InChI=1S/C9H11NO3/c1-5-3-7(12)9(8(13)4-5)10-6(2)11/h3-4,12-13H,1-2H3,(H,10,11). The quantitative estimate of drug-likeness (QED) is 0.573. The molecule has 0 fully saturated rings. The maximum absolute atomic E-state index is 10.7. The van der Waals surface area contributed by atoms with E-state index in [4.69, 9.17) is 0 Å². The van der Waals surface area contributed by atoms with Crippen LogP contribution in [-0.2, 0) is 4.79 Å². The SMILES string of the molecule is CC(=O)Nc1c(O)cc(C)cc1O. The average Bonchev–Trinajstić information content (AvgIpc) is 1.96. The smallest absolute Gasteiger partial charge is 0.221 e. The molecule has 4 nitrogen and oxygen atoms in total. The fourth-order valence-corrected chi connectivity index (χ4v) is 1.05. The monoisotopic (exact) mass is 181 g/mol. The van der Waals surface area contributed by atoms with Crippen molar-refractivity contribution in [1.29, 1.82) is 0 Å². The van der Waals surface area contributed by atoms with Gasteiger partial charge in [-0.25, -0.2) is 0 Å². The summed E-state index contributed by atoms with van der Waals surface area (Å²) in [5, 5.41) is 21.0. The van der Waals surface area contributed by atoms with Crippen molar-refractivity contribution in [3.05, 3.63) is 17.7 Å². The van der Waals surface area contributed by atoms with Crippen molar-refractivity contribution in [2.75, 3.05) is 5.32 Å². The van der Waals surface area contributed by atoms with E-state index in [1.165, 1.54) is 19.1 Å². The molecule has 0 saturated carbocycles. The summed E-state index contributed by atoms with van der Waals surface area (Å²) < 4.78 is 0. The number of rotatable bonds is 1. The van der Waals surface area contributed by atoms with Crippen LogP contribution in [0.25, 0.3) is 0 Å². The van der Waals surface area contributed by atoms with Crippen LogP contribution in [0.4, 0.5) is 5.69 Å². The number of aromatic hydroxyl groups is 2. The molecular weight excluding hydrogens is 170 g/mol. The molecule has 0 spiro atoms. The predicted octanol–water partition coefficient (Wildman–Crippen LogP) is 1.36. The molecule has 1 amide bonds. The number of aryl methyl sites for hydroxylation is 1. The van der Waals surface area contributed by atoms with Gasteiger partial charge in [0.25, 0.3) is 0 Å². The number of nitrogens with one attached hydrogen (secondary N) is 1. The molecule has 4 heteroatoms. The van der Waals surface area contributed by atoms with E-state index in [9.17, 15) is 15.0 Å². The van der Waals surface area contributed by atoms with Crippen LogP contribution in [0.2, 0.25) is 0 Å². The summed E-state index contributed by atoms with van der Waals surface area (Å²) in [5.41, 5.74) is 0.780. The number of amides is 1. The van der Waals surface area contributed by atoms with Crippen LogP contribution in [0.3, 0.4) is 0 Å². The van der Waals surface area contributed by atoms with Gasteiger partial charge in [0.2, 0.25) is 5.91 Å². The van der Waals surface area contributed by atoms with E-state index in [-0.39, 0.29) is 23.1 Å². The molecule has 1 aromatic carbocycles. The summed E-state index contributed by atoms with van der Waals surface area (Å²) in [5.74, 6) is -0.602. The second-order valence-electron chi connectivity index (χ2n) is 2.86. The molecule has 0 saturated heterocycles. The Balaban J connectivity index is 3.13. The highest BCUT2D eigenvalue weighted by Crippen LogP contribution is 2.33. The third-order valence-electron chi connectivity index (χ3n) is 1.54. The van der Waals surface area contributed by atoms with Crippen LogP contribution in [0.5, 0.6) is 11.5 Å². The van der Waals surface area contributed by atoms with Gasteiger partial charge in [0, 0.05) is 6.92 Å². The largest absolute Gasteiger partial charge is 0.506 e. The molecule has 3 N–H and O–H groups in total. The predicted molar refractivity (Wildman–Crippen MR) is 48.8 cm³/mol. The molecule has 0 aromatic heterocycles. The van der Waals surface area contributed by atoms with Crippen molar-refractivity contribution in [3.8, 4) is 11.5 Å². The van der Waals surface area contributed by atoms with Crippen LogP contribution >= 0.6 is 0 Å². The molecule has 70 valence electrons. The number of benzene rings is 1. The molecule has 0 aliphatic heterocycles. The Kier molecular flexibility index (Phi) is 2.41. The number of carbonyl (C=O) groups is 1. The van der Waals surface area contributed by atoms with Crippen LogP contribution in [0.15, 0.2) is 12.1 Å². The van der Waals surface area contributed by atoms with E-state index in [0.717, 1.165) is 5.56 Å². The van der Waals surface area contributed by atoms with Gasteiger partial charge in [-0.2, -0.15) is 0 Å². The number of phenolic OH excluding ortho intramolecular Hbond substituents is 2. The lowest BCUT2D eigenvalue weighted by Crippen LogP contribution is -2.06. The number of hydrogen-bond acceptors (Lipinski definition) is 3. The lowest BCUT2D eigenvalue weighted by Gasteiger charge is -2.08. The van der Waals surface area contributed by atoms with Crippen molar-refractivity contribution in [3.63, 3.8) is 0 Å². The summed E-state index contributed by atoms with van der Waals surface area (Å²) >= 11 is 0. The Labute approximate surface area is 75.8 Å². The maximum Gasteiger partial charge on any atom is 0.221 e. The van der Waals surface area contributed by atoms with Gasteiger partial charge in [-0.15, -0.1) is 0 Å². The van der Waals surface area contributed by atoms with Crippen LogP contribution in [0.1, 0.15) is 12.5 Å². The topological polar surface area (TPSA) is 69.6 Å². The second kappa shape index (κ2) is 3.35. The van der Waals surface area contributed by atoms with E-state index < -0.39 is 0 Å². The van der Waals surface area contributed by atoms with Gasteiger partial charge in [0.15, 0.2) is 0 Å². The second-order valence-corrected chi connectivity index (χ2v) is 2.86. The first-order valence-corrected chi connectivity index (χ1v) is 3.81. The van der Waals surface area contributed by atoms with E-state index in [1.54, 1.807) is 6.92 Å². The van der Waals surface area contributed by atoms with Gasteiger partial charge in [0.1, 0.15) is 17.2 Å². The average molecular weight is 181 g/mol. The van der Waals surface area contributed by atoms with Gasteiger partial charge in [-0.1, -0.05) is 0 Å². The first-order valence-electron chi connectivity index (χ1n) is 3.81. The number of carbonyl (C=O) groups excluding carboxylic acids is 1. The third kappa shape index (κ3) is 2.11. The Morgan fingerprint density at radius 2 is 1.77 bits per heavy atom. The van der Waals surface area contributed by atoms with E-state index in [2.05, 4.69) is 5.32 Å². The maximum atomic E-state index is 10.7. The zero-order valence-electron chi connectivity index (χ0n) is 7.46. The summed E-state index contributed by atoms with van der Waals surface area (Å²) in [4.78, 5) is 10.7. The highest BCUT2D eigenvalue weighted by molar-refractivity contribution is 5.92. The molecule has 0 heterocycles. The van der Waals surface area contributed by atoms with Gasteiger partial charge in [0.05, 0.1) is 0 Å². The molecule has 0 bridgehead atoms. The molecule has 1 rings (SSSR count). The van der Waals surface area contributed by atoms with Gasteiger partial charge in [-0.05, 0) is 24.6 Å². The summed E-state index contributed by atoms with van der Waals surface area (Å²) in [6.45, 7) is 3.04. The van der Waals surface area contributed by atoms with Crippen LogP contribution in [0, 0.1) is 6.92 Å². The minimum absolute atomic E-state index is 0.0538. The molecular formula is C9H11NO3. The lowest BCUT2D eigenvalue weighted by molar-refractivity contribution is -0.114. The fourth-order valence-electron chi connectivity index (χ4n) is 1.05. The summed E-state index contributed by atoms with van der Waals surface area (Å²) in [7, 11) is 0. The van der Waals surface area contributed by atoms with Gasteiger partial charge >= 0.3 is 0 Å². The number of phenols is 2. The molecule has 0 unspecified atom stereocenters. The Bertz CT molecular complexity index is 324. The Morgan fingerprint density at radius 1 is 1.31 bits per heavy atom. The minimum atomic E-state index is -0.338. The normalized spacial score (nSPS) is 9.69. The zero-order chi connectivity index (χ0) is 10.0. The van der Waals surface area contributed by atoms with Crippen LogP contribution in [-0.4, -0.2) is 16.1 Å². The first kappa shape index (κ1) is 9.38. The Morgan fingerprint density at radius 3 is 2.15 bits per heavy atom. The lowest BCUT2D eigenvalue weighted by atomic mass is 10.2. The highest BCUT2D eigenvalue weighted by atomic mass is 16.3. The van der Waals surface area contributed by atoms with E-state index in [1.807, 2.05) is 0 Å².